The minimum Gasteiger partial charge on any atom is -0.467 e. The second kappa shape index (κ2) is 9.04. The molecule has 2 amide bonds. The van der Waals surface area contributed by atoms with E-state index in [9.17, 15) is 14.4 Å². The number of hydrogen-bond acceptors (Lipinski definition) is 4. The van der Waals surface area contributed by atoms with Crippen LogP contribution in [-0.4, -0.2) is 30.9 Å². The number of ether oxygens (including phenoxy) is 1. The maximum atomic E-state index is 12.2. The van der Waals surface area contributed by atoms with Crippen LogP contribution < -0.4 is 11.1 Å². The van der Waals surface area contributed by atoms with E-state index in [0.717, 1.165) is 11.1 Å². The summed E-state index contributed by atoms with van der Waals surface area (Å²) in [6, 6.07) is 15.0. The van der Waals surface area contributed by atoms with Crippen LogP contribution in [0.1, 0.15) is 27.9 Å². The van der Waals surface area contributed by atoms with Gasteiger partial charge in [-0.3, -0.25) is 9.59 Å². The van der Waals surface area contributed by atoms with Gasteiger partial charge >= 0.3 is 5.97 Å². The van der Waals surface area contributed by atoms with Crippen molar-refractivity contribution in [1.82, 2.24) is 5.32 Å². The first-order valence-corrected chi connectivity index (χ1v) is 7.83. The maximum Gasteiger partial charge on any atom is 0.328 e. The van der Waals surface area contributed by atoms with Gasteiger partial charge in [-0.15, -0.1) is 0 Å². The van der Waals surface area contributed by atoms with Gasteiger partial charge in [0.2, 0.25) is 5.91 Å². The smallest absolute Gasteiger partial charge is 0.328 e. The molecule has 2 aromatic rings. The van der Waals surface area contributed by atoms with Crippen molar-refractivity contribution >= 4 is 17.8 Å². The first kappa shape index (κ1) is 18.7. The number of primary amides is 1. The van der Waals surface area contributed by atoms with Crippen molar-refractivity contribution < 1.29 is 19.1 Å². The van der Waals surface area contributed by atoms with Crippen LogP contribution in [0, 0.1) is 11.8 Å². The topological polar surface area (TPSA) is 98.5 Å². The molecule has 0 aliphatic heterocycles. The molecule has 132 valence electrons. The monoisotopic (exact) mass is 350 g/mol. The van der Waals surface area contributed by atoms with Crippen molar-refractivity contribution in [3.8, 4) is 11.8 Å². The zero-order chi connectivity index (χ0) is 18.9. The molecule has 26 heavy (non-hydrogen) atoms. The van der Waals surface area contributed by atoms with Gasteiger partial charge in [0, 0.05) is 16.7 Å². The Labute approximate surface area is 151 Å². The summed E-state index contributed by atoms with van der Waals surface area (Å²) >= 11 is 0. The second-order valence-corrected chi connectivity index (χ2v) is 5.41. The highest BCUT2D eigenvalue weighted by Crippen LogP contribution is 2.06. The Kier molecular flexibility index (Phi) is 6.52. The Balaban J connectivity index is 2.07. The van der Waals surface area contributed by atoms with Gasteiger partial charge in [-0.25, -0.2) is 4.79 Å². The van der Waals surface area contributed by atoms with Crippen molar-refractivity contribution in [2.75, 3.05) is 7.11 Å². The van der Waals surface area contributed by atoms with E-state index >= 15 is 0 Å². The lowest BCUT2D eigenvalue weighted by atomic mass is 10.1. The third kappa shape index (κ3) is 5.49. The fraction of sp³-hybridized carbons (Fsp3) is 0.150. The predicted octanol–water partition coefficient (Wildman–Crippen LogP) is 1.23. The van der Waals surface area contributed by atoms with Crippen LogP contribution in [0.15, 0.2) is 54.6 Å². The number of rotatable bonds is 5. The molecule has 6 heteroatoms. The van der Waals surface area contributed by atoms with E-state index in [1.54, 1.807) is 24.3 Å². The highest BCUT2D eigenvalue weighted by Gasteiger charge is 2.24. The molecule has 0 aliphatic carbocycles. The number of hydrogen-bond donors (Lipinski definition) is 2. The summed E-state index contributed by atoms with van der Waals surface area (Å²) in [7, 11) is 1.17. The third-order valence-electron chi connectivity index (χ3n) is 3.47. The molecule has 0 aliphatic rings. The fourth-order valence-corrected chi connectivity index (χ4v) is 2.15. The number of benzene rings is 2. The summed E-state index contributed by atoms with van der Waals surface area (Å²) < 4.78 is 4.56. The SMILES string of the molecule is COC(=O)[C@H](CC(N)=O)NC(=O)c1ccc(C#Cc2ccccc2)cc1. The van der Waals surface area contributed by atoms with E-state index in [2.05, 4.69) is 21.9 Å². The summed E-state index contributed by atoms with van der Waals surface area (Å²) in [5, 5.41) is 2.44. The van der Waals surface area contributed by atoms with E-state index in [1.165, 1.54) is 7.11 Å². The molecule has 1 atom stereocenters. The molecular formula is C20H18N2O4. The van der Waals surface area contributed by atoms with Crippen LogP contribution in [0.4, 0.5) is 0 Å². The van der Waals surface area contributed by atoms with Gasteiger partial charge in [-0.1, -0.05) is 30.0 Å². The van der Waals surface area contributed by atoms with E-state index < -0.39 is 23.8 Å². The molecule has 0 radical (unpaired) electrons. The molecule has 0 spiro atoms. The average Bonchev–Trinajstić information content (AvgIpc) is 2.66. The Morgan fingerprint density at radius 3 is 2.12 bits per heavy atom. The molecule has 0 saturated carbocycles. The molecule has 0 bridgehead atoms. The van der Waals surface area contributed by atoms with Crippen molar-refractivity contribution in [3.63, 3.8) is 0 Å². The largest absolute Gasteiger partial charge is 0.467 e. The lowest BCUT2D eigenvalue weighted by Gasteiger charge is -2.14. The summed E-state index contributed by atoms with van der Waals surface area (Å²) in [4.78, 5) is 34.9. The number of carbonyl (C=O) groups is 3. The normalized spacial score (nSPS) is 10.8. The van der Waals surface area contributed by atoms with E-state index in [1.807, 2.05) is 30.3 Å². The maximum absolute atomic E-state index is 12.2. The third-order valence-corrected chi connectivity index (χ3v) is 3.47. The van der Waals surface area contributed by atoms with Crippen LogP contribution in [0.25, 0.3) is 0 Å². The standard InChI is InChI=1S/C20H18N2O4/c1-26-20(25)17(13-18(21)23)22-19(24)16-11-9-15(10-12-16)8-7-14-5-3-2-4-6-14/h2-6,9-12,17H,13H2,1H3,(H2,21,23)(H,22,24)/t17-/m0/s1. The van der Waals surface area contributed by atoms with E-state index in [-0.39, 0.29) is 6.42 Å². The molecule has 0 aromatic heterocycles. The van der Waals surface area contributed by atoms with Gasteiger partial charge < -0.3 is 15.8 Å². The van der Waals surface area contributed by atoms with Crippen molar-refractivity contribution in [3.05, 3.63) is 71.3 Å². The number of nitrogens with two attached hydrogens (primary N) is 1. The van der Waals surface area contributed by atoms with Crippen LogP contribution in [0.3, 0.4) is 0 Å². The lowest BCUT2D eigenvalue weighted by Crippen LogP contribution is -2.44. The van der Waals surface area contributed by atoms with E-state index in [0.29, 0.717) is 5.56 Å². The zero-order valence-electron chi connectivity index (χ0n) is 14.2. The molecule has 0 heterocycles. The Morgan fingerprint density at radius 1 is 1.00 bits per heavy atom. The predicted molar refractivity (Wildman–Crippen MR) is 95.9 cm³/mol. The van der Waals surface area contributed by atoms with Gasteiger partial charge in [0.15, 0.2) is 0 Å². The molecule has 2 aromatic carbocycles. The fourth-order valence-electron chi connectivity index (χ4n) is 2.15. The minimum absolute atomic E-state index is 0.327. The molecular weight excluding hydrogens is 332 g/mol. The number of esters is 1. The Hall–Kier alpha value is -3.59. The van der Waals surface area contributed by atoms with Crippen molar-refractivity contribution in [1.29, 1.82) is 0 Å². The first-order valence-electron chi connectivity index (χ1n) is 7.83. The Morgan fingerprint density at radius 2 is 1.58 bits per heavy atom. The Bertz CT molecular complexity index is 849. The van der Waals surface area contributed by atoms with Gasteiger partial charge in [0.1, 0.15) is 6.04 Å². The molecule has 2 rings (SSSR count). The zero-order valence-corrected chi connectivity index (χ0v) is 14.2. The van der Waals surface area contributed by atoms with Crippen LogP contribution >= 0.6 is 0 Å². The molecule has 0 fully saturated rings. The highest BCUT2D eigenvalue weighted by molar-refractivity contribution is 5.97. The van der Waals surface area contributed by atoms with Crippen molar-refractivity contribution in [2.45, 2.75) is 12.5 Å². The molecule has 3 N–H and O–H groups in total. The number of amides is 2. The van der Waals surface area contributed by atoms with Crippen LogP contribution in [0.5, 0.6) is 0 Å². The number of nitrogens with one attached hydrogen (secondary N) is 1. The summed E-state index contributed by atoms with van der Waals surface area (Å²) in [6.07, 6.45) is -0.334. The van der Waals surface area contributed by atoms with Crippen molar-refractivity contribution in [2.24, 2.45) is 5.73 Å². The summed E-state index contributed by atoms with van der Waals surface area (Å²) in [5.74, 6) is 4.07. The summed E-state index contributed by atoms with van der Waals surface area (Å²) in [5.41, 5.74) is 7.05. The quantitative estimate of drug-likeness (QED) is 0.626. The van der Waals surface area contributed by atoms with Gasteiger partial charge in [-0.05, 0) is 36.4 Å². The number of methoxy groups -OCH3 is 1. The average molecular weight is 350 g/mol. The highest BCUT2D eigenvalue weighted by atomic mass is 16.5. The molecule has 0 saturated heterocycles. The summed E-state index contributed by atoms with van der Waals surface area (Å²) in [6.45, 7) is 0. The first-order chi connectivity index (χ1) is 12.5. The van der Waals surface area contributed by atoms with Gasteiger partial charge in [0.05, 0.1) is 13.5 Å². The van der Waals surface area contributed by atoms with Crippen LogP contribution in [-0.2, 0) is 14.3 Å². The van der Waals surface area contributed by atoms with Crippen LogP contribution in [0.2, 0.25) is 0 Å². The lowest BCUT2D eigenvalue weighted by molar-refractivity contribution is -0.144. The van der Waals surface area contributed by atoms with Gasteiger partial charge in [-0.2, -0.15) is 0 Å². The second-order valence-electron chi connectivity index (χ2n) is 5.41. The number of carbonyl (C=O) groups excluding carboxylic acids is 3. The van der Waals surface area contributed by atoms with E-state index in [4.69, 9.17) is 5.73 Å². The molecule has 6 nitrogen and oxygen atoms in total. The van der Waals surface area contributed by atoms with Gasteiger partial charge in [0.25, 0.3) is 5.91 Å². The minimum atomic E-state index is -1.12. The molecule has 0 unspecified atom stereocenters.